The van der Waals surface area contributed by atoms with E-state index in [0.29, 0.717) is 0 Å². The summed E-state index contributed by atoms with van der Waals surface area (Å²) in [4.78, 5) is 0. The van der Waals surface area contributed by atoms with Crippen molar-refractivity contribution in [3.63, 3.8) is 0 Å². The van der Waals surface area contributed by atoms with Crippen LogP contribution in [0.25, 0.3) is 0 Å². The largest absolute Gasteiger partial charge is 0.270 e. The first-order valence-corrected chi connectivity index (χ1v) is 6.25. The number of hydrogen-bond donors (Lipinski definition) is 2. The Labute approximate surface area is 105 Å². The SMILES string of the molecule is CCn1ncc(Br)c1C(NN)c1cnsn1. The van der Waals surface area contributed by atoms with E-state index in [1.165, 1.54) is 0 Å². The highest BCUT2D eigenvalue weighted by atomic mass is 79.9. The van der Waals surface area contributed by atoms with Crippen LogP contribution in [-0.2, 0) is 6.54 Å². The van der Waals surface area contributed by atoms with Crippen LogP contribution in [0.3, 0.4) is 0 Å². The molecule has 0 spiro atoms. The smallest absolute Gasteiger partial charge is 0.109 e. The van der Waals surface area contributed by atoms with Gasteiger partial charge < -0.3 is 0 Å². The van der Waals surface area contributed by atoms with Crippen LogP contribution in [0.5, 0.6) is 0 Å². The first kappa shape index (κ1) is 11.6. The van der Waals surface area contributed by atoms with Crippen LogP contribution in [-0.4, -0.2) is 18.5 Å². The second-order valence-corrected chi connectivity index (χ2v) is 4.54. The second kappa shape index (κ2) is 5.00. The second-order valence-electron chi connectivity index (χ2n) is 3.13. The average Bonchev–Trinajstić information content (AvgIpc) is 2.91. The van der Waals surface area contributed by atoms with Crippen molar-refractivity contribution in [2.45, 2.75) is 19.5 Å². The molecule has 1 atom stereocenters. The van der Waals surface area contributed by atoms with Gasteiger partial charge in [-0.25, -0.2) is 5.43 Å². The summed E-state index contributed by atoms with van der Waals surface area (Å²) in [6, 6.07) is -0.199. The van der Waals surface area contributed by atoms with Gasteiger partial charge in [0, 0.05) is 6.54 Å². The van der Waals surface area contributed by atoms with E-state index in [1.54, 1.807) is 12.4 Å². The van der Waals surface area contributed by atoms with Gasteiger partial charge in [-0.2, -0.15) is 13.8 Å². The third-order valence-corrected chi connectivity index (χ3v) is 3.35. The zero-order valence-corrected chi connectivity index (χ0v) is 11.0. The molecule has 0 saturated heterocycles. The van der Waals surface area contributed by atoms with E-state index in [0.717, 1.165) is 34.1 Å². The van der Waals surface area contributed by atoms with Crippen molar-refractivity contribution in [1.82, 2.24) is 24.0 Å². The standard InChI is InChI=1S/C8H11BrN6S/c1-2-15-8(5(9)3-11-15)7(13-10)6-4-12-16-14-6/h3-4,7,13H,2,10H2,1H3. The normalized spacial score (nSPS) is 12.9. The zero-order chi connectivity index (χ0) is 11.5. The maximum Gasteiger partial charge on any atom is 0.109 e. The van der Waals surface area contributed by atoms with Crippen LogP contribution in [0.4, 0.5) is 0 Å². The van der Waals surface area contributed by atoms with Crippen molar-refractivity contribution in [3.8, 4) is 0 Å². The Morgan fingerprint density at radius 1 is 1.62 bits per heavy atom. The fourth-order valence-corrected chi connectivity index (χ4v) is 2.49. The van der Waals surface area contributed by atoms with Crippen LogP contribution in [0, 0.1) is 0 Å². The summed E-state index contributed by atoms with van der Waals surface area (Å²) in [5.41, 5.74) is 4.49. The molecule has 8 heteroatoms. The summed E-state index contributed by atoms with van der Waals surface area (Å²) in [6.45, 7) is 2.80. The highest BCUT2D eigenvalue weighted by Gasteiger charge is 2.22. The van der Waals surface area contributed by atoms with Crippen molar-refractivity contribution in [2.75, 3.05) is 0 Å². The molecule has 3 N–H and O–H groups in total. The molecule has 2 rings (SSSR count). The Kier molecular flexibility index (Phi) is 3.64. The third-order valence-electron chi connectivity index (χ3n) is 2.25. The van der Waals surface area contributed by atoms with Gasteiger partial charge in [-0.3, -0.25) is 10.5 Å². The summed E-state index contributed by atoms with van der Waals surface area (Å²) < 4.78 is 10.9. The minimum absolute atomic E-state index is 0.199. The molecule has 1 unspecified atom stereocenters. The van der Waals surface area contributed by atoms with Crippen molar-refractivity contribution < 1.29 is 0 Å². The monoisotopic (exact) mass is 302 g/mol. The Hall–Kier alpha value is -0.830. The van der Waals surface area contributed by atoms with Crippen LogP contribution in [0.2, 0.25) is 0 Å². The van der Waals surface area contributed by atoms with Gasteiger partial charge >= 0.3 is 0 Å². The molecule has 2 heterocycles. The fourth-order valence-electron chi connectivity index (χ4n) is 1.51. The molecule has 0 aliphatic carbocycles. The van der Waals surface area contributed by atoms with Crippen molar-refractivity contribution >= 4 is 27.7 Å². The Balaban J connectivity index is 2.44. The van der Waals surface area contributed by atoms with E-state index in [-0.39, 0.29) is 6.04 Å². The minimum atomic E-state index is -0.199. The predicted octanol–water partition coefficient (Wildman–Crippen LogP) is 1.07. The van der Waals surface area contributed by atoms with E-state index >= 15 is 0 Å². The third kappa shape index (κ3) is 2.01. The molecule has 0 aliphatic rings. The molecule has 0 aromatic carbocycles. The first-order valence-electron chi connectivity index (χ1n) is 4.72. The minimum Gasteiger partial charge on any atom is -0.270 e. The van der Waals surface area contributed by atoms with Crippen molar-refractivity contribution in [2.24, 2.45) is 5.84 Å². The summed E-state index contributed by atoms with van der Waals surface area (Å²) in [5, 5.41) is 4.24. The molecule has 0 aliphatic heterocycles. The van der Waals surface area contributed by atoms with Gasteiger partial charge in [-0.15, -0.1) is 0 Å². The number of nitrogens with one attached hydrogen (secondary N) is 1. The molecule has 0 saturated carbocycles. The Morgan fingerprint density at radius 3 is 3.00 bits per heavy atom. The molecule has 0 bridgehead atoms. The lowest BCUT2D eigenvalue weighted by Crippen LogP contribution is -2.31. The quantitative estimate of drug-likeness (QED) is 0.652. The van der Waals surface area contributed by atoms with Gasteiger partial charge in [0.15, 0.2) is 0 Å². The van der Waals surface area contributed by atoms with Gasteiger partial charge in [0.2, 0.25) is 0 Å². The summed E-state index contributed by atoms with van der Waals surface area (Å²) in [7, 11) is 0. The molecular formula is C8H11BrN6S. The fraction of sp³-hybridized carbons (Fsp3) is 0.375. The number of hydrazine groups is 1. The van der Waals surface area contributed by atoms with Crippen molar-refractivity contribution in [3.05, 3.63) is 28.3 Å². The lowest BCUT2D eigenvalue weighted by atomic mass is 10.1. The summed E-state index contributed by atoms with van der Waals surface area (Å²) in [5.74, 6) is 5.57. The number of aryl methyl sites for hydroxylation is 1. The van der Waals surface area contributed by atoms with Crippen LogP contribution < -0.4 is 11.3 Å². The molecule has 0 radical (unpaired) electrons. The van der Waals surface area contributed by atoms with Gasteiger partial charge in [0.25, 0.3) is 0 Å². The molecule has 2 aromatic rings. The van der Waals surface area contributed by atoms with Gasteiger partial charge in [0.05, 0.1) is 40.0 Å². The number of aromatic nitrogens is 4. The van der Waals surface area contributed by atoms with Crippen LogP contribution in [0.15, 0.2) is 16.9 Å². The number of rotatable bonds is 4. The van der Waals surface area contributed by atoms with Gasteiger partial charge in [0.1, 0.15) is 6.04 Å². The molecule has 6 nitrogen and oxygen atoms in total. The number of halogens is 1. The average molecular weight is 303 g/mol. The number of nitrogens with two attached hydrogens (primary N) is 1. The first-order chi connectivity index (χ1) is 7.77. The zero-order valence-electron chi connectivity index (χ0n) is 8.59. The molecule has 0 fully saturated rings. The molecule has 16 heavy (non-hydrogen) atoms. The van der Waals surface area contributed by atoms with Crippen molar-refractivity contribution in [1.29, 1.82) is 0 Å². The lowest BCUT2D eigenvalue weighted by molar-refractivity contribution is 0.536. The topological polar surface area (TPSA) is 81.7 Å². The van der Waals surface area contributed by atoms with Crippen LogP contribution >= 0.6 is 27.7 Å². The van der Waals surface area contributed by atoms with Gasteiger partial charge in [-0.1, -0.05) is 0 Å². The Bertz CT molecular complexity index is 453. The molecule has 86 valence electrons. The highest BCUT2D eigenvalue weighted by Crippen LogP contribution is 2.27. The lowest BCUT2D eigenvalue weighted by Gasteiger charge is -2.15. The summed E-state index contributed by atoms with van der Waals surface area (Å²) >= 11 is 4.62. The number of nitrogens with zero attached hydrogens (tertiary/aromatic N) is 4. The predicted molar refractivity (Wildman–Crippen MR) is 64.7 cm³/mol. The van der Waals surface area contributed by atoms with E-state index in [1.807, 2.05) is 11.6 Å². The van der Waals surface area contributed by atoms with E-state index in [9.17, 15) is 0 Å². The highest BCUT2D eigenvalue weighted by molar-refractivity contribution is 9.10. The Morgan fingerprint density at radius 2 is 2.44 bits per heavy atom. The van der Waals surface area contributed by atoms with Gasteiger partial charge in [-0.05, 0) is 22.9 Å². The van der Waals surface area contributed by atoms with E-state index in [4.69, 9.17) is 5.84 Å². The van der Waals surface area contributed by atoms with E-state index in [2.05, 4.69) is 35.2 Å². The summed E-state index contributed by atoms with van der Waals surface area (Å²) in [6.07, 6.45) is 3.46. The molecular weight excluding hydrogens is 292 g/mol. The maximum atomic E-state index is 5.57. The maximum absolute atomic E-state index is 5.57. The molecule has 0 amide bonds. The van der Waals surface area contributed by atoms with E-state index < -0.39 is 0 Å². The van der Waals surface area contributed by atoms with Crippen LogP contribution in [0.1, 0.15) is 24.4 Å². The number of hydrogen-bond acceptors (Lipinski definition) is 6. The molecule has 2 aromatic heterocycles.